The Bertz CT molecular complexity index is 882. The summed E-state index contributed by atoms with van der Waals surface area (Å²) in [6.07, 6.45) is 0.645. The van der Waals surface area contributed by atoms with Crippen LogP contribution in [0.5, 0.6) is 5.75 Å². The molecule has 28 heavy (non-hydrogen) atoms. The lowest BCUT2D eigenvalue weighted by Gasteiger charge is -2.25. The van der Waals surface area contributed by atoms with Crippen LogP contribution in [0.2, 0.25) is 0 Å². The summed E-state index contributed by atoms with van der Waals surface area (Å²) in [4.78, 5) is 27.9. The first-order valence-electron chi connectivity index (χ1n) is 9.01. The molecular weight excluding hydrogens is 365 g/mol. The zero-order chi connectivity index (χ0) is 20.4. The molecule has 0 N–H and O–H groups in total. The molecule has 9 heteroatoms. The van der Waals surface area contributed by atoms with Gasteiger partial charge in [0.1, 0.15) is 11.9 Å². The number of ether oxygens (including phenoxy) is 1. The van der Waals surface area contributed by atoms with Gasteiger partial charge in [-0.15, -0.1) is 5.10 Å². The van der Waals surface area contributed by atoms with Crippen LogP contribution < -0.4 is 4.74 Å². The van der Waals surface area contributed by atoms with Gasteiger partial charge in [-0.05, 0) is 30.7 Å². The van der Waals surface area contributed by atoms with Crippen molar-refractivity contribution in [1.82, 2.24) is 24.8 Å². The number of carbonyl (C=O) groups excluding carboxylic acids is 2. The van der Waals surface area contributed by atoms with Crippen LogP contribution in [-0.4, -0.2) is 76.6 Å². The third kappa shape index (κ3) is 3.97. The van der Waals surface area contributed by atoms with Gasteiger partial charge in [0.05, 0.1) is 32.4 Å². The van der Waals surface area contributed by atoms with Crippen LogP contribution in [0.25, 0.3) is 0 Å². The maximum Gasteiger partial charge on any atom is 0.275 e. The molecular formula is C19H24FN5O3. The second-order valence-electron chi connectivity index (χ2n) is 7.15. The Hall–Kier alpha value is -2.97. The van der Waals surface area contributed by atoms with E-state index in [9.17, 15) is 14.0 Å². The molecule has 2 heterocycles. The van der Waals surface area contributed by atoms with Crippen LogP contribution in [-0.2, 0) is 6.54 Å². The highest BCUT2D eigenvalue weighted by Crippen LogP contribution is 2.26. The minimum atomic E-state index is -1.10. The molecule has 0 saturated carbocycles. The summed E-state index contributed by atoms with van der Waals surface area (Å²) >= 11 is 0. The molecule has 0 unspecified atom stereocenters. The van der Waals surface area contributed by atoms with Crippen molar-refractivity contribution < 1.29 is 18.7 Å². The molecule has 8 nitrogen and oxygen atoms in total. The summed E-state index contributed by atoms with van der Waals surface area (Å²) in [6, 6.07) is 4.83. The number of halogens is 1. The van der Waals surface area contributed by atoms with Crippen LogP contribution in [0.1, 0.15) is 32.8 Å². The Morgan fingerprint density at radius 2 is 2.11 bits per heavy atom. The van der Waals surface area contributed by atoms with Gasteiger partial charge in [0.15, 0.2) is 5.69 Å². The molecule has 150 valence electrons. The second kappa shape index (κ2) is 7.95. The maximum absolute atomic E-state index is 14.1. The van der Waals surface area contributed by atoms with Crippen LogP contribution in [0, 0.1) is 6.92 Å². The minimum absolute atomic E-state index is 0.0349. The fourth-order valence-corrected chi connectivity index (χ4v) is 3.37. The van der Waals surface area contributed by atoms with E-state index < -0.39 is 6.17 Å². The van der Waals surface area contributed by atoms with Gasteiger partial charge in [-0.2, -0.15) is 0 Å². The molecule has 0 bridgehead atoms. The Kier molecular flexibility index (Phi) is 5.62. The molecule has 0 radical (unpaired) electrons. The topological polar surface area (TPSA) is 80.6 Å². The Balaban J connectivity index is 1.78. The van der Waals surface area contributed by atoms with Crippen LogP contribution in [0.4, 0.5) is 4.39 Å². The van der Waals surface area contributed by atoms with Gasteiger partial charge in [-0.1, -0.05) is 5.21 Å². The van der Waals surface area contributed by atoms with Crippen molar-refractivity contribution in [2.24, 2.45) is 0 Å². The van der Waals surface area contributed by atoms with Crippen LogP contribution >= 0.6 is 0 Å². The Morgan fingerprint density at radius 1 is 1.36 bits per heavy atom. The zero-order valence-corrected chi connectivity index (χ0v) is 16.4. The smallest absolute Gasteiger partial charge is 0.275 e. The van der Waals surface area contributed by atoms with E-state index in [1.807, 2.05) is 6.92 Å². The number of rotatable bonds is 5. The first-order valence-corrected chi connectivity index (χ1v) is 9.01. The summed E-state index contributed by atoms with van der Waals surface area (Å²) in [7, 11) is 4.82. The maximum atomic E-state index is 14.1. The van der Waals surface area contributed by atoms with Gasteiger partial charge < -0.3 is 14.5 Å². The number of aryl methyl sites for hydroxylation is 1. The van der Waals surface area contributed by atoms with Crippen molar-refractivity contribution in [3.8, 4) is 5.75 Å². The summed E-state index contributed by atoms with van der Waals surface area (Å²) in [5, 5.41) is 7.83. The van der Waals surface area contributed by atoms with E-state index in [-0.39, 0.29) is 43.1 Å². The van der Waals surface area contributed by atoms with Gasteiger partial charge in [0.2, 0.25) is 0 Å². The first-order chi connectivity index (χ1) is 13.3. The summed E-state index contributed by atoms with van der Waals surface area (Å²) in [5.41, 5.74) is 1.50. The van der Waals surface area contributed by atoms with E-state index >= 15 is 0 Å². The Labute approximate surface area is 162 Å². The van der Waals surface area contributed by atoms with Crippen molar-refractivity contribution in [2.45, 2.75) is 32.1 Å². The van der Waals surface area contributed by atoms with Crippen molar-refractivity contribution in [1.29, 1.82) is 0 Å². The SMILES string of the molecule is COc1ccc(C(=O)N2C[C@@H](F)C[C@H]2Cn2cc(C(=O)N(C)C)nn2)c(C)c1. The molecule has 1 aliphatic rings. The molecule has 0 aliphatic carbocycles. The van der Waals surface area contributed by atoms with Crippen molar-refractivity contribution in [3.05, 3.63) is 41.2 Å². The molecule has 2 atom stereocenters. The highest BCUT2D eigenvalue weighted by molar-refractivity contribution is 5.96. The minimum Gasteiger partial charge on any atom is -0.497 e. The molecule has 0 spiro atoms. The number of alkyl halides is 1. The molecule has 1 aromatic carbocycles. The zero-order valence-electron chi connectivity index (χ0n) is 16.4. The van der Waals surface area contributed by atoms with E-state index in [0.29, 0.717) is 11.3 Å². The molecule has 2 amide bonds. The van der Waals surface area contributed by atoms with Crippen molar-refractivity contribution in [3.63, 3.8) is 0 Å². The fourth-order valence-electron chi connectivity index (χ4n) is 3.37. The van der Waals surface area contributed by atoms with Crippen LogP contribution in [0.15, 0.2) is 24.4 Å². The number of hydrogen-bond donors (Lipinski definition) is 0. The molecule has 1 fully saturated rings. The van der Waals surface area contributed by atoms with Crippen LogP contribution in [0.3, 0.4) is 0 Å². The summed E-state index contributed by atoms with van der Waals surface area (Å²) < 4.78 is 20.8. The standard InChI is InChI=1S/C19H24FN5O3/c1-12-7-15(28-4)5-6-16(12)18(26)25-9-13(20)8-14(25)10-24-11-17(21-22-24)19(27)23(2)3/h5-7,11,13-14H,8-10H2,1-4H3/t13-,14-/m0/s1. The Morgan fingerprint density at radius 3 is 2.75 bits per heavy atom. The number of carbonyl (C=O) groups is 2. The predicted molar refractivity (Wildman–Crippen MR) is 100 cm³/mol. The van der Waals surface area contributed by atoms with Crippen molar-refractivity contribution >= 4 is 11.8 Å². The van der Waals surface area contributed by atoms with E-state index in [4.69, 9.17) is 4.74 Å². The highest BCUT2D eigenvalue weighted by Gasteiger charge is 2.36. The molecule has 1 saturated heterocycles. The first kappa shape index (κ1) is 19.8. The van der Waals surface area contributed by atoms with Gasteiger partial charge in [0.25, 0.3) is 11.8 Å². The van der Waals surface area contributed by atoms with Gasteiger partial charge in [-0.25, -0.2) is 9.07 Å². The van der Waals surface area contributed by atoms with E-state index in [1.54, 1.807) is 39.4 Å². The monoisotopic (exact) mass is 389 g/mol. The third-order valence-electron chi connectivity index (χ3n) is 4.85. The van der Waals surface area contributed by atoms with E-state index in [2.05, 4.69) is 10.3 Å². The average Bonchev–Trinajstić information content (AvgIpc) is 3.27. The molecule has 1 aromatic heterocycles. The molecule has 2 aromatic rings. The number of aromatic nitrogens is 3. The molecule has 1 aliphatic heterocycles. The summed E-state index contributed by atoms with van der Waals surface area (Å²) in [5.74, 6) is 0.175. The van der Waals surface area contributed by atoms with Gasteiger partial charge in [-0.3, -0.25) is 9.59 Å². The van der Waals surface area contributed by atoms with Gasteiger partial charge in [0, 0.05) is 26.1 Å². The van der Waals surface area contributed by atoms with E-state index in [0.717, 1.165) is 5.56 Å². The lowest BCUT2D eigenvalue weighted by molar-refractivity contribution is 0.0713. The third-order valence-corrected chi connectivity index (χ3v) is 4.85. The number of hydrogen-bond acceptors (Lipinski definition) is 5. The summed E-state index contributed by atoms with van der Waals surface area (Å²) in [6.45, 7) is 2.13. The number of nitrogens with zero attached hydrogens (tertiary/aromatic N) is 5. The number of likely N-dealkylation sites (tertiary alicyclic amines) is 1. The number of benzene rings is 1. The lowest BCUT2D eigenvalue weighted by Crippen LogP contribution is -2.38. The number of methoxy groups -OCH3 is 1. The second-order valence-corrected chi connectivity index (χ2v) is 7.15. The quantitative estimate of drug-likeness (QED) is 0.775. The largest absolute Gasteiger partial charge is 0.497 e. The van der Waals surface area contributed by atoms with Gasteiger partial charge >= 0.3 is 0 Å². The lowest BCUT2D eigenvalue weighted by atomic mass is 10.1. The fraction of sp³-hybridized carbons (Fsp3) is 0.474. The molecule has 3 rings (SSSR count). The average molecular weight is 389 g/mol. The van der Waals surface area contributed by atoms with E-state index in [1.165, 1.54) is 20.7 Å². The van der Waals surface area contributed by atoms with Crippen molar-refractivity contribution in [2.75, 3.05) is 27.7 Å². The number of amides is 2. The highest BCUT2D eigenvalue weighted by atomic mass is 19.1. The predicted octanol–water partition coefficient (Wildman–Crippen LogP) is 1.55. The normalized spacial score (nSPS) is 19.0.